The van der Waals surface area contributed by atoms with Gasteiger partial charge in [-0.1, -0.05) is 13.3 Å². The lowest BCUT2D eigenvalue weighted by molar-refractivity contribution is -0.136. The Morgan fingerprint density at radius 3 is 2.47 bits per heavy atom. The highest BCUT2D eigenvalue weighted by atomic mass is 19.2. The number of benzene rings is 1. The minimum atomic E-state index is -1.08. The molecule has 0 saturated carbocycles. The second-order valence-corrected chi connectivity index (χ2v) is 4.08. The molecule has 6 heteroatoms. The summed E-state index contributed by atoms with van der Waals surface area (Å²) < 4.78 is 25.7. The third-order valence-corrected chi connectivity index (χ3v) is 2.64. The smallest absolute Gasteiger partial charge is 0.293 e. The molecule has 104 valence electrons. The van der Waals surface area contributed by atoms with Gasteiger partial charge in [-0.2, -0.15) is 0 Å². The van der Waals surface area contributed by atoms with Gasteiger partial charge in [0.1, 0.15) is 0 Å². The molecule has 4 nitrogen and oxygen atoms in total. The van der Waals surface area contributed by atoms with Crippen molar-refractivity contribution in [2.45, 2.75) is 25.8 Å². The quantitative estimate of drug-likeness (QED) is 0.776. The van der Waals surface area contributed by atoms with Gasteiger partial charge in [0.05, 0.1) is 6.04 Å². The van der Waals surface area contributed by atoms with Crippen molar-refractivity contribution in [3.8, 4) is 0 Å². The first-order chi connectivity index (χ1) is 8.99. The summed E-state index contributed by atoms with van der Waals surface area (Å²) in [5.74, 6) is -3.57. The van der Waals surface area contributed by atoms with Crippen LogP contribution in [-0.2, 0) is 9.59 Å². The number of anilines is 1. The molecule has 1 unspecified atom stereocenters. The molecule has 19 heavy (non-hydrogen) atoms. The lowest BCUT2D eigenvalue weighted by Crippen LogP contribution is -2.41. The molecule has 0 radical (unpaired) electrons. The molecule has 2 N–H and O–H groups in total. The number of carbonyl (C=O) groups is 2. The number of halogens is 2. The third-order valence-electron chi connectivity index (χ3n) is 2.64. The first-order valence-corrected chi connectivity index (χ1v) is 5.97. The summed E-state index contributed by atoms with van der Waals surface area (Å²) in [4.78, 5) is 23.4. The second-order valence-electron chi connectivity index (χ2n) is 4.08. The van der Waals surface area contributed by atoms with Gasteiger partial charge in [0.15, 0.2) is 11.6 Å². The van der Waals surface area contributed by atoms with Crippen molar-refractivity contribution in [2.24, 2.45) is 0 Å². The Kier molecular flexibility index (Phi) is 5.57. The molecule has 0 spiro atoms. The van der Waals surface area contributed by atoms with Gasteiger partial charge in [-0.15, -0.1) is 0 Å². The first-order valence-electron chi connectivity index (χ1n) is 5.97. The number of carbonyl (C=O) groups excluding carboxylic acids is 2. The highest BCUT2D eigenvalue weighted by molar-refractivity contribution is 6.42. The van der Waals surface area contributed by atoms with Crippen molar-refractivity contribution < 1.29 is 18.4 Å². The van der Waals surface area contributed by atoms with Gasteiger partial charge in [-0.25, -0.2) is 8.78 Å². The van der Waals surface area contributed by atoms with Gasteiger partial charge in [-0.05, 0) is 25.6 Å². The fourth-order valence-corrected chi connectivity index (χ4v) is 1.62. The zero-order valence-electron chi connectivity index (χ0n) is 10.8. The van der Waals surface area contributed by atoms with Crippen LogP contribution in [0.25, 0.3) is 0 Å². The Hall–Kier alpha value is -1.82. The molecule has 0 aromatic heterocycles. The van der Waals surface area contributed by atoms with Crippen molar-refractivity contribution in [1.29, 1.82) is 0 Å². The molecular formula is C13H16F2N2O2. The number of hydrogen-bond acceptors (Lipinski definition) is 3. The lowest BCUT2D eigenvalue weighted by atomic mass is 10.1. The summed E-state index contributed by atoms with van der Waals surface area (Å²) in [6.45, 7) is 1.89. The highest BCUT2D eigenvalue weighted by Gasteiger charge is 2.23. The van der Waals surface area contributed by atoms with Gasteiger partial charge < -0.3 is 10.6 Å². The Bertz CT molecular complexity index is 478. The number of ketones is 1. The van der Waals surface area contributed by atoms with Crippen LogP contribution in [0.5, 0.6) is 0 Å². The summed E-state index contributed by atoms with van der Waals surface area (Å²) in [6, 6.07) is 2.33. The van der Waals surface area contributed by atoms with Gasteiger partial charge in [0.25, 0.3) is 5.91 Å². The van der Waals surface area contributed by atoms with E-state index in [9.17, 15) is 18.4 Å². The van der Waals surface area contributed by atoms with Crippen LogP contribution in [0.1, 0.15) is 19.8 Å². The van der Waals surface area contributed by atoms with E-state index in [1.807, 2.05) is 6.92 Å². The third kappa shape index (κ3) is 4.10. The molecular weight excluding hydrogens is 254 g/mol. The molecule has 0 aliphatic rings. The molecule has 1 rings (SSSR count). The molecule has 0 heterocycles. The van der Waals surface area contributed by atoms with Crippen LogP contribution in [0, 0.1) is 11.6 Å². The van der Waals surface area contributed by atoms with E-state index in [4.69, 9.17) is 0 Å². The number of nitrogens with one attached hydrogen (secondary N) is 2. The predicted molar refractivity (Wildman–Crippen MR) is 67.8 cm³/mol. The number of Topliss-reactive ketones (excluding diaryl/α,β-unsaturated/α-hetero) is 1. The highest BCUT2D eigenvalue weighted by Crippen LogP contribution is 2.13. The van der Waals surface area contributed by atoms with E-state index in [2.05, 4.69) is 10.6 Å². The van der Waals surface area contributed by atoms with Gasteiger partial charge >= 0.3 is 0 Å². The second kappa shape index (κ2) is 6.94. The number of rotatable bonds is 6. The van der Waals surface area contributed by atoms with E-state index in [1.165, 1.54) is 6.07 Å². The van der Waals surface area contributed by atoms with E-state index in [1.54, 1.807) is 7.05 Å². The lowest BCUT2D eigenvalue weighted by Gasteiger charge is -2.13. The van der Waals surface area contributed by atoms with Crippen LogP contribution in [0.3, 0.4) is 0 Å². The van der Waals surface area contributed by atoms with Crippen LogP contribution in [0.4, 0.5) is 14.5 Å². The monoisotopic (exact) mass is 270 g/mol. The first kappa shape index (κ1) is 15.2. The summed E-state index contributed by atoms with van der Waals surface area (Å²) in [6.07, 6.45) is 1.27. The maximum absolute atomic E-state index is 13.0. The van der Waals surface area contributed by atoms with Gasteiger partial charge in [-0.3, -0.25) is 9.59 Å². The molecule has 0 fully saturated rings. The van der Waals surface area contributed by atoms with Crippen molar-refractivity contribution in [1.82, 2.24) is 5.32 Å². The maximum atomic E-state index is 13.0. The Balaban J connectivity index is 2.73. The van der Waals surface area contributed by atoms with E-state index in [0.717, 1.165) is 18.6 Å². The number of amides is 1. The number of likely N-dealkylation sites (N-methyl/N-ethyl adjacent to an activating group) is 1. The Morgan fingerprint density at radius 2 is 1.95 bits per heavy atom. The summed E-state index contributed by atoms with van der Waals surface area (Å²) in [7, 11) is 1.59. The van der Waals surface area contributed by atoms with E-state index in [-0.39, 0.29) is 5.69 Å². The van der Waals surface area contributed by atoms with Crippen LogP contribution in [0.15, 0.2) is 18.2 Å². The Morgan fingerprint density at radius 1 is 1.26 bits per heavy atom. The summed E-state index contributed by atoms with van der Waals surface area (Å²) in [5, 5.41) is 4.99. The standard InChI is InChI=1S/C13H16F2N2O2/c1-3-4-11(16-2)12(18)13(19)17-8-5-6-9(14)10(15)7-8/h5-7,11,16H,3-4H2,1-2H3,(H,17,19). The normalized spacial score (nSPS) is 12.0. The van der Waals surface area contributed by atoms with E-state index in [0.29, 0.717) is 6.42 Å². The summed E-state index contributed by atoms with van der Waals surface area (Å²) >= 11 is 0. The van der Waals surface area contributed by atoms with Gasteiger partial charge in [0, 0.05) is 11.8 Å². The Labute approximate surface area is 110 Å². The van der Waals surface area contributed by atoms with E-state index < -0.39 is 29.4 Å². The largest absolute Gasteiger partial charge is 0.319 e. The minimum absolute atomic E-state index is 0.0450. The van der Waals surface area contributed by atoms with Crippen molar-refractivity contribution in [2.75, 3.05) is 12.4 Å². The van der Waals surface area contributed by atoms with Crippen molar-refractivity contribution in [3.63, 3.8) is 0 Å². The maximum Gasteiger partial charge on any atom is 0.293 e. The fourth-order valence-electron chi connectivity index (χ4n) is 1.62. The average Bonchev–Trinajstić information content (AvgIpc) is 2.39. The number of hydrogen-bond donors (Lipinski definition) is 2. The molecule has 1 aromatic carbocycles. The van der Waals surface area contributed by atoms with E-state index >= 15 is 0 Å². The molecule has 0 aliphatic carbocycles. The molecule has 1 aromatic rings. The van der Waals surface area contributed by atoms with Crippen molar-refractivity contribution >= 4 is 17.4 Å². The van der Waals surface area contributed by atoms with Crippen LogP contribution in [-0.4, -0.2) is 24.8 Å². The van der Waals surface area contributed by atoms with Crippen LogP contribution in [0.2, 0.25) is 0 Å². The fraction of sp³-hybridized carbons (Fsp3) is 0.385. The van der Waals surface area contributed by atoms with Crippen LogP contribution < -0.4 is 10.6 Å². The van der Waals surface area contributed by atoms with Crippen LogP contribution >= 0.6 is 0 Å². The minimum Gasteiger partial charge on any atom is -0.319 e. The molecule has 0 saturated heterocycles. The molecule has 0 bridgehead atoms. The SMILES string of the molecule is CCCC(NC)C(=O)C(=O)Nc1ccc(F)c(F)c1. The molecule has 1 amide bonds. The molecule has 0 aliphatic heterocycles. The van der Waals surface area contributed by atoms with Gasteiger partial charge in [0.2, 0.25) is 5.78 Å². The zero-order chi connectivity index (χ0) is 14.4. The average molecular weight is 270 g/mol. The topological polar surface area (TPSA) is 58.2 Å². The van der Waals surface area contributed by atoms with Crippen molar-refractivity contribution in [3.05, 3.63) is 29.8 Å². The zero-order valence-corrected chi connectivity index (χ0v) is 10.8. The summed E-state index contributed by atoms with van der Waals surface area (Å²) in [5.41, 5.74) is 0.0450. The predicted octanol–water partition coefficient (Wildman–Crippen LogP) is 1.86. The molecule has 1 atom stereocenters.